The van der Waals surface area contributed by atoms with Crippen molar-refractivity contribution in [3.05, 3.63) is 0 Å². The number of amides is 1. The molecular weight excluding hydrogens is 233 g/mol. The minimum atomic E-state index is -3.90. The van der Waals surface area contributed by atoms with E-state index in [0.29, 0.717) is 12.8 Å². The van der Waals surface area contributed by atoms with Crippen LogP contribution in [0.3, 0.4) is 0 Å². The first-order valence-electron chi connectivity index (χ1n) is 5.49. The maximum atomic E-state index is 11.5. The van der Waals surface area contributed by atoms with Crippen molar-refractivity contribution in [2.75, 3.05) is 13.2 Å². The second-order valence-corrected chi connectivity index (χ2v) is 5.67. The number of hydrogen-bond donors (Lipinski definition) is 2. The van der Waals surface area contributed by atoms with Gasteiger partial charge in [-0.25, -0.2) is 4.57 Å². The van der Waals surface area contributed by atoms with Gasteiger partial charge >= 0.3 is 7.82 Å². The van der Waals surface area contributed by atoms with E-state index in [2.05, 4.69) is 9.84 Å². The molecule has 6 nitrogen and oxygen atoms in total. The van der Waals surface area contributed by atoms with Gasteiger partial charge in [-0.05, 0) is 25.7 Å². The maximum Gasteiger partial charge on any atom is 0.472 e. The van der Waals surface area contributed by atoms with E-state index in [1.807, 2.05) is 0 Å². The first-order chi connectivity index (χ1) is 7.57. The Morgan fingerprint density at radius 1 is 1.31 bits per heavy atom. The fourth-order valence-corrected chi connectivity index (χ4v) is 2.40. The average Bonchev–Trinajstić information content (AvgIpc) is 3.01. The zero-order valence-corrected chi connectivity index (χ0v) is 9.82. The lowest BCUT2D eigenvalue weighted by Crippen LogP contribution is -2.39. The smallest absolute Gasteiger partial charge is 0.351 e. The molecule has 1 saturated carbocycles. The zero-order chi connectivity index (χ0) is 11.6. The van der Waals surface area contributed by atoms with Crippen LogP contribution in [-0.2, 0) is 18.4 Å². The van der Waals surface area contributed by atoms with Crippen molar-refractivity contribution in [2.45, 2.75) is 31.7 Å². The molecule has 2 fully saturated rings. The van der Waals surface area contributed by atoms with Crippen molar-refractivity contribution >= 4 is 13.7 Å². The molecule has 0 aromatic rings. The highest BCUT2D eigenvalue weighted by atomic mass is 31.2. The molecule has 2 atom stereocenters. The molecule has 0 spiro atoms. The lowest BCUT2D eigenvalue weighted by molar-refractivity contribution is -0.123. The number of phosphoric acid groups is 1. The summed E-state index contributed by atoms with van der Waals surface area (Å²) < 4.78 is 20.6. The lowest BCUT2D eigenvalue weighted by atomic mass is 10.1. The van der Waals surface area contributed by atoms with Crippen LogP contribution in [0.4, 0.5) is 0 Å². The highest BCUT2D eigenvalue weighted by Crippen LogP contribution is 2.44. The quantitative estimate of drug-likeness (QED) is 0.707. The predicted molar refractivity (Wildman–Crippen MR) is 55.6 cm³/mol. The third-order valence-corrected chi connectivity index (χ3v) is 3.67. The lowest BCUT2D eigenvalue weighted by Gasteiger charge is -2.23. The minimum absolute atomic E-state index is 0.0304. The number of carbonyl (C=O) groups is 1. The number of hydrogen-bond acceptors (Lipinski definition) is 4. The molecule has 92 valence electrons. The van der Waals surface area contributed by atoms with E-state index in [1.54, 1.807) is 0 Å². The van der Waals surface area contributed by atoms with Crippen molar-refractivity contribution in [1.29, 1.82) is 0 Å². The summed E-state index contributed by atoms with van der Waals surface area (Å²) in [6.45, 7) is 0.218. The molecule has 0 bridgehead atoms. The molecule has 1 aliphatic heterocycles. The molecule has 7 heteroatoms. The van der Waals surface area contributed by atoms with E-state index in [1.165, 1.54) is 0 Å². The van der Waals surface area contributed by atoms with E-state index in [0.717, 1.165) is 12.8 Å². The largest absolute Gasteiger partial charge is 0.472 e. The molecule has 2 rings (SSSR count). The van der Waals surface area contributed by atoms with Gasteiger partial charge in [0.2, 0.25) is 5.91 Å². The molecule has 2 N–H and O–H groups in total. The fourth-order valence-electron chi connectivity index (χ4n) is 1.59. The third-order valence-electron chi connectivity index (χ3n) is 2.68. The highest BCUT2D eigenvalue weighted by molar-refractivity contribution is 7.47. The summed E-state index contributed by atoms with van der Waals surface area (Å²) in [5.41, 5.74) is 0. The Balaban J connectivity index is 1.83. The van der Waals surface area contributed by atoms with Gasteiger partial charge in [-0.3, -0.25) is 13.8 Å². The molecule has 0 aromatic heterocycles. The monoisotopic (exact) mass is 249 g/mol. The Kier molecular flexibility index (Phi) is 3.64. The Morgan fingerprint density at radius 3 is 2.75 bits per heavy atom. The highest BCUT2D eigenvalue weighted by Gasteiger charge is 2.32. The average molecular weight is 249 g/mol. The summed E-state index contributed by atoms with van der Waals surface area (Å²) in [4.78, 5) is 20.7. The van der Waals surface area contributed by atoms with Gasteiger partial charge in [0.25, 0.3) is 0 Å². The van der Waals surface area contributed by atoms with Gasteiger partial charge in [-0.15, -0.1) is 0 Å². The van der Waals surface area contributed by atoms with Crippen molar-refractivity contribution in [3.8, 4) is 0 Å². The van der Waals surface area contributed by atoms with E-state index in [9.17, 15) is 9.36 Å². The van der Waals surface area contributed by atoms with Gasteiger partial charge in [0.15, 0.2) is 0 Å². The number of nitrogens with one attached hydrogen (secondary N) is 1. The third kappa shape index (κ3) is 3.56. The Hall–Kier alpha value is -0.420. The second kappa shape index (κ2) is 4.84. The van der Waals surface area contributed by atoms with E-state index < -0.39 is 7.82 Å². The zero-order valence-electron chi connectivity index (χ0n) is 8.92. The van der Waals surface area contributed by atoms with Crippen molar-refractivity contribution in [3.63, 3.8) is 0 Å². The topological polar surface area (TPSA) is 84.9 Å². The predicted octanol–water partition coefficient (Wildman–Crippen LogP) is 0.809. The molecule has 1 unspecified atom stereocenters. The number of phosphoric ester groups is 1. The van der Waals surface area contributed by atoms with Crippen molar-refractivity contribution in [1.82, 2.24) is 5.32 Å². The standard InChI is InChI=1S/C9H16NO5P/c11-9(7-3-4-7)10-8-2-1-5-14-16(12,13)15-6-8/h7-8H,1-6H2,(H,10,11)(H,12,13)/t8-/m1/s1. The number of carbonyl (C=O) groups excluding carboxylic acids is 1. The maximum absolute atomic E-state index is 11.5. The van der Waals surface area contributed by atoms with Crippen LogP contribution in [0.5, 0.6) is 0 Å². The summed E-state index contributed by atoms with van der Waals surface area (Å²) in [7, 11) is -3.90. The number of rotatable bonds is 2. The summed E-state index contributed by atoms with van der Waals surface area (Å²) in [5, 5.41) is 2.83. The van der Waals surface area contributed by atoms with Crippen LogP contribution in [0, 0.1) is 5.92 Å². The first-order valence-corrected chi connectivity index (χ1v) is 6.98. The van der Waals surface area contributed by atoms with Gasteiger partial charge in [0.05, 0.1) is 19.3 Å². The second-order valence-electron chi connectivity index (χ2n) is 4.22. The molecule has 0 aromatic carbocycles. The van der Waals surface area contributed by atoms with Crippen LogP contribution < -0.4 is 5.32 Å². The van der Waals surface area contributed by atoms with Crippen LogP contribution in [0.15, 0.2) is 0 Å². The van der Waals surface area contributed by atoms with Gasteiger partial charge in [-0.1, -0.05) is 0 Å². The summed E-state index contributed by atoms with van der Waals surface area (Å²) in [6, 6.07) is -0.183. The summed E-state index contributed by atoms with van der Waals surface area (Å²) in [6.07, 6.45) is 3.24. The Bertz CT molecular complexity index is 317. The molecule has 1 aliphatic carbocycles. The SMILES string of the molecule is O=C(N[C@@H]1CCCOP(=O)(O)OC1)C1CC1. The van der Waals surface area contributed by atoms with Gasteiger partial charge < -0.3 is 10.2 Å². The molecule has 1 amide bonds. The van der Waals surface area contributed by atoms with Crippen LogP contribution in [0.2, 0.25) is 0 Å². The van der Waals surface area contributed by atoms with E-state index >= 15 is 0 Å². The van der Waals surface area contributed by atoms with Gasteiger partial charge in [0.1, 0.15) is 0 Å². The van der Waals surface area contributed by atoms with Crippen LogP contribution in [0.1, 0.15) is 25.7 Å². The minimum Gasteiger partial charge on any atom is -0.351 e. The van der Waals surface area contributed by atoms with Crippen LogP contribution in [-0.4, -0.2) is 30.1 Å². The van der Waals surface area contributed by atoms with E-state index in [4.69, 9.17) is 9.42 Å². The van der Waals surface area contributed by atoms with Crippen molar-refractivity contribution in [2.24, 2.45) is 5.92 Å². The summed E-state index contributed by atoms with van der Waals surface area (Å²) in [5.74, 6) is 0.172. The Labute approximate surface area is 93.9 Å². The molecular formula is C9H16NO5P. The Morgan fingerprint density at radius 2 is 2.06 bits per heavy atom. The molecule has 1 heterocycles. The normalized spacial score (nSPS) is 36.2. The van der Waals surface area contributed by atoms with Gasteiger partial charge in [-0.2, -0.15) is 0 Å². The first kappa shape index (κ1) is 12.0. The molecule has 0 radical (unpaired) electrons. The molecule has 16 heavy (non-hydrogen) atoms. The van der Waals surface area contributed by atoms with Crippen LogP contribution in [0.25, 0.3) is 0 Å². The molecule has 2 aliphatic rings. The summed E-state index contributed by atoms with van der Waals surface area (Å²) >= 11 is 0. The van der Waals surface area contributed by atoms with Crippen LogP contribution >= 0.6 is 7.82 Å². The fraction of sp³-hybridized carbons (Fsp3) is 0.889. The van der Waals surface area contributed by atoms with E-state index in [-0.39, 0.29) is 31.1 Å². The molecule has 1 saturated heterocycles. The van der Waals surface area contributed by atoms with Gasteiger partial charge in [0, 0.05) is 5.92 Å². The van der Waals surface area contributed by atoms with Crippen molar-refractivity contribution < 1.29 is 23.3 Å².